The highest BCUT2D eigenvalue weighted by molar-refractivity contribution is 7.90. The zero-order chi connectivity index (χ0) is 40.3. The molecule has 21 heteroatoms. The SMILES string of the molecule is [C-]#[N+]c1ccc(N2C(=O)C(C)(C)N(CCCS(=O)(=O)NC(C)=O)C2=S)cc1Cl.[C-]#[N+]c1ccc(N2C(=O)C(C)(C)N(CCCS(N)(=O)=O)C2=S)cc1Cl. The summed E-state index contributed by atoms with van der Waals surface area (Å²) in [6.45, 7) is 22.5. The molecule has 0 atom stereocenters. The number of carbonyl (C=O) groups is 3. The average Bonchev–Trinajstić information content (AvgIpc) is 3.31. The number of nitrogens with one attached hydrogen (secondary N) is 1. The Morgan fingerprint density at radius 3 is 1.49 bits per heavy atom. The summed E-state index contributed by atoms with van der Waals surface area (Å²) >= 11 is 23.0. The number of anilines is 2. The highest BCUT2D eigenvalue weighted by Gasteiger charge is 2.50. The molecule has 2 aromatic rings. The molecular weight excluding hydrogens is 808 g/mol. The molecule has 2 heterocycles. The predicted octanol–water partition coefficient (Wildman–Crippen LogP) is 4.74. The van der Waals surface area contributed by atoms with Gasteiger partial charge in [-0.2, -0.15) is 0 Å². The second-order valence-corrected chi connectivity index (χ2v) is 17.9. The van der Waals surface area contributed by atoms with E-state index >= 15 is 0 Å². The lowest BCUT2D eigenvalue weighted by molar-refractivity contribution is -0.124. The molecule has 53 heavy (non-hydrogen) atoms. The Morgan fingerprint density at radius 1 is 0.792 bits per heavy atom. The molecule has 0 aromatic heterocycles. The number of thiocarbonyl (C=S) groups is 2. The number of nitrogens with two attached hydrogens (primary N) is 1. The van der Waals surface area contributed by atoms with Gasteiger partial charge in [-0.3, -0.25) is 28.9 Å². The molecular formula is C32H36Cl2N8O7S4. The molecule has 0 spiro atoms. The molecule has 0 unspecified atom stereocenters. The fraction of sp³-hybridized carbons (Fsp3) is 0.406. The third-order valence-electron chi connectivity index (χ3n) is 8.17. The molecule has 2 aliphatic rings. The van der Waals surface area contributed by atoms with E-state index in [1.807, 2.05) is 4.72 Å². The first-order chi connectivity index (χ1) is 24.4. The number of carbonyl (C=O) groups excluding carboxylic acids is 3. The highest BCUT2D eigenvalue weighted by Crippen LogP contribution is 2.37. The lowest BCUT2D eigenvalue weighted by Gasteiger charge is -2.29. The lowest BCUT2D eigenvalue weighted by atomic mass is 10.0. The second-order valence-electron chi connectivity index (χ2n) is 12.8. The van der Waals surface area contributed by atoms with Crippen molar-refractivity contribution in [3.05, 3.63) is 69.3 Å². The van der Waals surface area contributed by atoms with Gasteiger partial charge in [-0.15, -0.1) is 0 Å². The number of rotatable bonds is 11. The Bertz CT molecular complexity index is 2170. The fourth-order valence-electron chi connectivity index (χ4n) is 5.43. The van der Waals surface area contributed by atoms with Crippen LogP contribution in [-0.4, -0.2) is 90.3 Å². The van der Waals surface area contributed by atoms with Gasteiger partial charge in [0.25, 0.3) is 11.8 Å². The summed E-state index contributed by atoms with van der Waals surface area (Å²) in [4.78, 5) is 49.3. The second kappa shape index (κ2) is 16.6. The summed E-state index contributed by atoms with van der Waals surface area (Å²) in [7, 11) is -7.31. The molecule has 2 fully saturated rings. The van der Waals surface area contributed by atoms with Crippen LogP contribution >= 0.6 is 47.6 Å². The van der Waals surface area contributed by atoms with Crippen LogP contribution in [-0.2, 0) is 34.4 Å². The average molecular weight is 844 g/mol. The van der Waals surface area contributed by atoms with Gasteiger partial charge in [0.1, 0.15) is 11.1 Å². The Kier molecular flexibility index (Phi) is 13.6. The van der Waals surface area contributed by atoms with Crippen LogP contribution in [0.4, 0.5) is 22.7 Å². The molecule has 0 aliphatic carbocycles. The van der Waals surface area contributed by atoms with Crippen LogP contribution in [0.3, 0.4) is 0 Å². The van der Waals surface area contributed by atoms with Gasteiger partial charge in [0.2, 0.25) is 37.3 Å². The van der Waals surface area contributed by atoms with Gasteiger partial charge >= 0.3 is 0 Å². The number of hydrogen-bond acceptors (Lipinski definition) is 9. The first kappa shape index (κ1) is 43.5. The Hall–Kier alpha value is -3.95. The normalized spacial score (nSPS) is 16.6. The number of hydrogen-bond donors (Lipinski definition) is 2. The minimum Gasteiger partial charge on any atom is -0.334 e. The monoisotopic (exact) mass is 842 g/mol. The van der Waals surface area contributed by atoms with E-state index in [9.17, 15) is 31.2 Å². The van der Waals surface area contributed by atoms with E-state index < -0.39 is 37.0 Å². The van der Waals surface area contributed by atoms with E-state index in [0.29, 0.717) is 11.4 Å². The van der Waals surface area contributed by atoms with Crippen molar-refractivity contribution in [1.29, 1.82) is 0 Å². The molecule has 0 radical (unpaired) electrons. The van der Waals surface area contributed by atoms with Gasteiger partial charge in [-0.05, 0) is 89.2 Å². The number of halogens is 2. The summed E-state index contributed by atoms with van der Waals surface area (Å²) in [5.41, 5.74) is -0.460. The van der Waals surface area contributed by atoms with Crippen molar-refractivity contribution in [3.63, 3.8) is 0 Å². The van der Waals surface area contributed by atoms with Crippen molar-refractivity contribution < 1.29 is 31.2 Å². The zero-order valence-corrected chi connectivity index (χ0v) is 34.0. The summed E-state index contributed by atoms with van der Waals surface area (Å²) in [6, 6.07) is 9.24. The standard InChI is InChI=1S/C17H19ClN4O4S2.C15H17ClN4O3S2/c1-11(23)20-28(25,26)9-5-8-21-16(27)22(15(24)17(21,2)3)12-6-7-14(19-4)13(18)10-12;1-15(2)13(21)20(10-5-6-12(18-3)11(16)9-10)14(24)19(15)7-4-8-25(17,22)23/h6-7,10H,5,8-9H2,1-3H3,(H,20,23);5-6,9H,4,7-8H2,1-2H3,(H2,17,22,23). The van der Waals surface area contributed by atoms with Crippen LogP contribution in [0.1, 0.15) is 47.5 Å². The van der Waals surface area contributed by atoms with E-state index in [1.165, 1.54) is 34.1 Å². The van der Waals surface area contributed by atoms with E-state index in [4.69, 9.17) is 65.9 Å². The minimum absolute atomic E-state index is 0.171. The molecule has 2 aromatic carbocycles. The van der Waals surface area contributed by atoms with Gasteiger partial charge in [0, 0.05) is 30.1 Å². The van der Waals surface area contributed by atoms with Crippen molar-refractivity contribution in [2.45, 2.75) is 58.5 Å². The van der Waals surface area contributed by atoms with Crippen LogP contribution in [0.5, 0.6) is 0 Å². The molecule has 0 bridgehead atoms. The van der Waals surface area contributed by atoms with Crippen LogP contribution in [0, 0.1) is 13.1 Å². The summed E-state index contributed by atoms with van der Waals surface area (Å²) < 4.78 is 47.7. The minimum atomic E-state index is -3.73. The van der Waals surface area contributed by atoms with Crippen molar-refractivity contribution in [3.8, 4) is 0 Å². The molecule has 2 aliphatic heterocycles. The number of benzene rings is 2. The quantitative estimate of drug-likeness (QED) is 0.236. The summed E-state index contributed by atoms with van der Waals surface area (Å²) in [5.74, 6) is -1.66. The molecule has 15 nitrogen and oxygen atoms in total. The highest BCUT2D eigenvalue weighted by atomic mass is 35.5. The maximum Gasteiger partial charge on any atom is 0.258 e. The van der Waals surface area contributed by atoms with Gasteiger partial charge in [0.05, 0.1) is 36.0 Å². The molecule has 3 N–H and O–H groups in total. The summed E-state index contributed by atoms with van der Waals surface area (Å²) in [5, 5.41) is 5.94. The predicted molar refractivity (Wildman–Crippen MR) is 212 cm³/mol. The number of nitrogens with zero attached hydrogens (tertiary/aromatic N) is 6. The fourth-order valence-corrected chi connectivity index (χ4v) is 8.47. The van der Waals surface area contributed by atoms with E-state index in [1.54, 1.807) is 49.6 Å². The van der Waals surface area contributed by atoms with Crippen LogP contribution < -0.4 is 19.7 Å². The maximum absolute atomic E-state index is 12.9. The van der Waals surface area contributed by atoms with Crippen molar-refractivity contribution >= 4 is 118 Å². The Labute approximate surface area is 329 Å². The van der Waals surface area contributed by atoms with Gasteiger partial charge in [-0.1, -0.05) is 35.3 Å². The van der Waals surface area contributed by atoms with Crippen molar-refractivity contribution in [2.75, 3.05) is 34.4 Å². The Balaban J connectivity index is 0.000000287. The molecule has 3 amide bonds. The third kappa shape index (κ3) is 9.98. The smallest absolute Gasteiger partial charge is 0.258 e. The van der Waals surface area contributed by atoms with Crippen LogP contribution in [0.25, 0.3) is 9.69 Å². The van der Waals surface area contributed by atoms with E-state index in [-0.39, 0.29) is 80.9 Å². The van der Waals surface area contributed by atoms with E-state index in [2.05, 4.69) is 9.69 Å². The van der Waals surface area contributed by atoms with Gasteiger partial charge < -0.3 is 9.80 Å². The van der Waals surface area contributed by atoms with E-state index in [0.717, 1.165) is 6.92 Å². The van der Waals surface area contributed by atoms with Crippen LogP contribution in [0.15, 0.2) is 36.4 Å². The van der Waals surface area contributed by atoms with Crippen molar-refractivity contribution in [1.82, 2.24) is 14.5 Å². The largest absolute Gasteiger partial charge is 0.334 e. The number of sulfonamides is 2. The number of primary sulfonamides is 1. The first-order valence-corrected chi connectivity index (χ1v) is 20.5. The topological polar surface area (TPSA) is 179 Å². The lowest BCUT2D eigenvalue weighted by Crippen LogP contribution is -2.45. The van der Waals surface area contributed by atoms with Crippen molar-refractivity contribution in [2.24, 2.45) is 5.14 Å². The molecule has 4 rings (SSSR count). The molecule has 0 saturated carbocycles. The maximum atomic E-state index is 12.9. The summed E-state index contributed by atoms with van der Waals surface area (Å²) in [6.07, 6.45) is 0.422. The van der Waals surface area contributed by atoms with Gasteiger partial charge in [0.15, 0.2) is 10.2 Å². The molecule has 2 saturated heterocycles. The molecule has 284 valence electrons. The Morgan fingerprint density at radius 2 is 1.17 bits per heavy atom. The third-order valence-corrected chi connectivity index (χ3v) is 11.9. The first-order valence-electron chi connectivity index (χ1n) is 15.6. The van der Waals surface area contributed by atoms with Gasteiger partial charge in [-0.25, -0.2) is 31.7 Å². The number of amides is 3. The van der Waals surface area contributed by atoms with Crippen LogP contribution in [0.2, 0.25) is 10.0 Å². The zero-order valence-electron chi connectivity index (χ0n) is 29.2.